The predicted octanol–water partition coefficient (Wildman–Crippen LogP) is 2.67. The summed E-state index contributed by atoms with van der Waals surface area (Å²) in [7, 11) is 0. The summed E-state index contributed by atoms with van der Waals surface area (Å²) in [4.78, 5) is 26.4. The van der Waals surface area contributed by atoms with Crippen molar-refractivity contribution in [2.75, 3.05) is 25.0 Å². The molecule has 1 saturated carbocycles. The Kier molecular flexibility index (Phi) is 4.74. The highest BCUT2D eigenvalue weighted by molar-refractivity contribution is 6.06. The Balaban J connectivity index is 1.34. The van der Waals surface area contributed by atoms with Crippen molar-refractivity contribution in [2.24, 2.45) is 5.92 Å². The summed E-state index contributed by atoms with van der Waals surface area (Å²) in [6, 6.07) is 8.79. The topological polar surface area (TPSA) is 61.4 Å². The van der Waals surface area contributed by atoms with Crippen molar-refractivity contribution in [1.29, 1.82) is 0 Å². The van der Waals surface area contributed by atoms with E-state index in [2.05, 4.69) is 21.6 Å². The number of amides is 2. The molecule has 5 heteroatoms. The Morgan fingerprint density at radius 1 is 1.19 bits per heavy atom. The number of carbonyl (C=O) groups is 2. The summed E-state index contributed by atoms with van der Waals surface area (Å²) in [5.74, 6) is 0.879. The van der Waals surface area contributed by atoms with E-state index in [1.54, 1.807) is 6.92 Å². The monoisotopic (exact) mass is 355 g/mol. The van der Waals surface area contributed by atoms with Gasteiger partial charge in [0.25, 0.3) is 0 Å². The number of nitrogens with one attached hydrogen (secondary N) is 2. The predicted molar refractivity (Wildman–Crippen MR) is 102 cm³/mol. The molecule has 0 bridgehead atoms. The number of hydrogen-bond acceptors (Lipinski definition) is 3. The third-order valence-electron chi connectivity index (χ3n) is 6.74. The molecule has 2 aliphatic heterocycles. The van der Waals surface area contributed by atoms with Gasteiger partial charge in [0.15, 0.2) is 0 Å². The number of rotatable bonds is 3. The Morgan fingerprint density at radius 2 is 1.88 bits per heavy atom. The smallest absolute Gasteiger partial charge is 0.235 e. The molecule has 0 radical (unpaired) electrons. The van der Waals surface area contributed by atoms with Gasteiger partial charge in [-0.25, -0.2) is 0 Å². The van der Waals surface area contributed by atoms with Crippen molar-refractivity contribution >= 4 is 17.5 Å². The van der Waals surface area contributed by atoms with Crippen molar-refractivity contribution in [3.8, 4) is 0 Å². The third-order valence-corrected chi connectivity index (χ3v) is 6.74. The van der Waals surface area contributed by atoms with Gasteiger partial charge in [0.1, 0.15) is 0 Å². The number of nitrogens with zero attached hydrogens (tertiary/aromatic N) is 1. The summed E-state index contributed by atoms with van der Waals surface area (Å²) in [5, 5.41) is 6.05. The van der Waals surface area contributed by atoms with Crippen molar-refractivity contribution in [3.63, 3.8) is 0 Å². The molecule has 1 saturated heterocycles. The zero-order valence-corrected chi connectivity index (χ0v) is 15.6. The number of anilines is 1. The minimum Gasteiger partial charge on any atom is -0.356 e. The van der Waals surface area contributed by atoms with Gasteiger partial charge in [-0.3, -0.25) is 9.59 Å². The van der Waals surface area contributed by atoms with E-state index < -0.39 is 0 Å². The van der Waals surface area contributed by atoms with Gasteiger partial charge in [-0.05, 0) is 69.2 Å². The van der Waals surface area contributed by atoms with Crippen LogP contribution < -0.4 is 10.6 Å². The molecule has 0 unspecified atom stereocenters. The Hall–Kier alpha value is -1.88. The first-order chi connectivity index (χ1) is 12.6. The molecule has 4 rings (SSSR count). The number of likely N-dealkylation sites (tertiary alicyclic amines) is 1. The Morgan fingerprint density at radius 3 is 2.58 bits per heavy atom. The number of hydrogen-bond donors (Lipinski definition) is 2. The summed E-state index contributed by atoms with van der Waals surface area (Å²) in [6.45, 7) is 4.63. The zero-order chi connectivity index (χ0) is 18.1. The summed E-state index contributed by atoms with van der Waals surface area (Å²) < 4.78 is 0. The van der Waals surface area contributed by atoms with Crippen LogP contribution in [0.4, 0.5) is 5.69 Å². The molecular formula is C21H29N3O2. The van der Waals surface area contributed by atoms with Crippen LogP contribution in [0.1, 0.15) is 51.0 Å². The molecule has 0 aromatic heterocycles. The number of benzene rings is 1. The van der Waals surface area contributed by atoms with Gasteiger partial charge >= 0.3 is 0 Å². The van der Waals surface area contributed by atoms with E-state index >= 15 is 0 Å². The SMILES string of the molecule is CC(=O)NCC1CCN(C2CCC3(CC2)C(=O)Nc2ccccc23)CC1. The minimum atomic E-state index is -0.295. The van der Waals surface area contributed by atoms with E-state index in [1.165, 1.54) is 5.56 Å². The first kappa shape index (κ1) is 17.5. The van der Waals surface area contributed by atoms with E-state index in [4.69, 9.17) is 0 Å². The fourth-order valence-electron chi connectivity index (χ4n) is 5.14. The molecule has 2 amide bonds. The van der Waals surface area contributed by atoms with Crippen LogP contribution in [0.5, 0.6) is 0 Å². The van der Waals surface area contributed by atoms with Crippen molar-refractivity contribution < 1.29 is 9.59 Å². The van der Waals surface area contributed by atoms with Crippen LogP contribution in [0.25, 0.3) is 0 Å². The van der Waals surface area contributed by atoms with Gasteiger partial charge in [0, 0.05) is 25.2 Å². The number of para-hydroxylation sites is 1. The van der Waals surface area contributed by atoms with Crippen molar-refractivity contribution in [1.82, 2.24) is 10.2 Å². The van der Waals surface area contributed by atoms with E-state index in [1.807, 2.05) is 18.2 Å². The van der Waals surface area contributed by atoms with Gasteiger partial charge in [-0.15, -0.1) is 0 Å². The average molecular weight is 355 g/mol. The molecule has 2 heterocycles. The maximum absolute atomic E-state index is 12.7. The maximum atomic E-state index is 12.7. The lowest BCUT2D eigenvalue weighted by atomic mass is 9.68. The third kappa shape index (κ3) is 3.13. The largest absolute Gasteiger partial charge is 0.356 e. The fraction of sp³-hybridized carbons (Fsp3) is 0.619. The van der Waals surface area contributed by atoms with Crippen molar-refractivity contribution in [3.05, 3.63) is 29.8 Å². The van der Waals surface area contributed by atoms with Crippen LogP contribution in [0.2, 0.25) is 0 Å². The molecule has 2 N–H and O–H groups in total. The Bertz CT molecular complexity index is 686. The first-order valence-corrected chi connectivity index (χ1v) is 9.98. The fourth-order valence-corrected chi connectivity index (χ4v) is 5.14. The molecule has 5 nitrogen and oxygen atoms in total. The highest BCUT2D eigenvalue weighted by Gasteiger charge is 2.49. The summed E-state index contributed by atoms with van der Waals surface area (Å²) >= 11 is 0. The lowest BCUT2D eigenvalue weighted by Gasteiger charge is -2.43. The van der Waals surface area contributed by atoms with E-state index in [-0.39, 0.29) is 17.2 Å². The maximum Gasteiger partial charge on any atom is 0.235 e. The molecule has 1 spiro atoms. The summed E-state index contributed by atoms with van der Waals surface area (Å²) in [5.41, 5.74) is 1.92. The van der Waals surface area contributed by atoms with Crippen molar-refractivity contribution in [2.45, 2.75) is 56.9 Å². The number of carbonyl (C=O) groups excluding carboxylic acids is 2. The molecular weight excluding hydrogens is 326 g/mol. The van der Waals surface area contributed by atoms with E-state index in [9.17, 15) is 9.59 Å². The van der Waals surface area contributed by atoms with Crippen LogP contribution in [-0.2, 0) is 15.0 Å². The first-order valence-electron chi connectivity index (χ1n) is 9.98. The molecule has 1 aromatic rings. The molecule has 26 heavy (non-hydrogen) atoms. The van der Waals surface area contributed by atoms with Gasteiger partial charge in [0.05, 0.1) is 5.41 Å². The van der Waals surface area contributed by atoms with Gasteiger partial charge in [0.2, 0.25) is 11.8 Å². The van der Waals surface area contributed by atoms with Crippen LogP contribution in [0, 0.1) is 5.92 Å². The minimum absolute atomic E-state index is 0.0696. The van der Waals surface area contributed by atoms with Crippen LogP contribution in [0.3, 0.4) is 0 Å². The standard InChI is InChI=1S/C21H29N3O2/c1-15(25)22-14-16-8-12-24(13-9-16)17-6-10-21(11-7-17)18-4-2-3-5-19(18)23-20(21)26/h2-5,16-17H,6-14H2,1H3,(H,22,25)(H,23,26). The normalized spacial score (nSPS) is 29.4. The zero-order valence-electron chi connectivity index (χ0n) is 15.6. The number of fused-ring (bicyclic) bond motifs is 2. The quantitative estimate of drug-likeness (QED) is 0.876. The number of piperidine rings is 1. The summed E-state index contributed by atoms with van der Waals surface area (Å²) in [6.07, 6.45) is 6.41. The second kappa shape index (κ2) is 7.03. The van der Waals surface area contributed by atoms with Crippen LogP contribution >= 0.6 is 0 Å². The van der Waals surface area contributed by atoms with Gasteiger partial charge < -0.3 is 15.5 Å². The molecule has 3 aliphatic rings. The van der Waals surface area contributed by atoms with E-state index in [0.29, 0.717) is 12.0 Å². The lowest BCUT2D eigenvalue weighted by Crippen LogP contribution is -2.48. The highest BCUT2D eigenvalue weighted by Crippen LogP contribution is 2.48. The second-order valence-corrected chi connectivity index (χ2v) is 8.23. The van der Waals surface area contributed by atoms with Crippen LogP contribution in [-0.4, -0.2) is 42.4 Å². The average Bonchev–Trinajstić information content (AvgIpc) is 2.93. The molecule has 1 aromatic carbocycles. The Labute approximate surface area is 155 Å². The van der Waals surface area contributed by atoms with Gasteiger partial charge in [-0.2, -0.15) is 0 Å². The van der Waals surface area contributed by atoms with Gasteiger partial charge in [-0.1, -0.05) is 18.2 Å². The molecule has 2 fully saturated rings. The lowest BCUT2D eigenvalue weighted by molar-refractivity contribution is -0.122. The second-order valence-electron chi connectivity index (χ2n) is 8.23. The highest BCUT2D eigenvalue weighted by atomic mass is 16.2. The molecule has 1 aliphatic carbocycles. The van der Waals surface area contributed by atoms with Crippen LogP contribution in [0.15, 0.2) is 24.3 Å². The molecule has 140 valence electrons. The molecule has 0 atom stereocenters. The van der Waals surface area contributed by atoms with E-state index in [0.717, 1.165) is 63.8 Å².